The molecule has 0 aliphatic heterocycles. The number of carbonyl (C=O) groups excluding carboxylic acids is 1. The Hall–Kier alpha value is -3.22. The number of nitrogens with zero attached hydrogens (tertiary/aromatic N) is 3. The number of ether oxygens (including phenoxy) is 1. The van der Waals surface area contributed by atoms with Crippen molar-refractivity contribution in [2.75, 3.05) is 13.7 Å². The molecule has 0 saturated carbocycles. The van der Waals surface area contributed by atoms with Crippen LogP contribution in [0.3, 0.4) is 0 Å². The van der Waals surface area contributed by atoms with Gasteiger partial charge in [0.05, 0.1) is 32.2 Å². The van der Waals surface area contributed by atoms with Gasteiger partial charge in [0.2, 0.25) is 0 Å². The summed E-state index contributed by atoms with van der Waals surface area (Å²) in [5, 5.41) is 7.73. The van der Waals surface area contributed by atoms with Crippen molar-refractivity contribution >= 4 is 6.03 Å². The van der Waals surface area contributed by atoms with Crippen molar-refractivity contribution in [3.05, 3.63) is 70.9 Å². The Labute approximate surface area is 176 Å². The number of amides is 2. The molecule has 1 aliphatic rings. The van der Waals surface area contributed by atoms with E-state index < -0.39 is 0 Å². The number of aromatic nitrogens is 2. The summed E-state index contributed by atoms with van der Waals surface area (Å²) in [5.41, 5.74) is 4.73. The number of aryl methyl sites for hydroxylation is 1. The Morgan fingerprint density at radius 1 is 1.23 bits per heavy atom. The van der Waals surface area contributed by atoms with E-state index in [0.717, 1.165) is 48.5 Å². The van der Waals surface area contributed by atoms with E-state index in [9.17, 15) is 4.79 Å². The highest BCUT2D eigenvalue weighted by atomic mass is 16.5. The summed E-state index contributed by atoms with van der Waals surface area (Å²) in [5.74, 6) is 1.59. The zero-order valence-electron chi connectivity index (χ0n) is 17.6. The number of urea groups is 1. The highest BCUT2D eigenvalue weighted by Crippen LogP contribution is 2.26. The van der Waals surface area contributed by atoms with Crippen LogP contribution in [0.5, 0.6) is 5.75 Å². The SMILES string of the molecule is COc1ccc(CCNC(=O)N(Cc2ccco2)Cc2nn(C)c3c2CCC3)cc1. The second-order valence-corrected chi connectivity index (χ2v) is 7.61. The van der Waals surface area contributed by atoms with Gasteiger partial charge in [-0.2, -0.15) is 5.10 Å². The van der Waals surface area contributed by atoms with Crippen molar-refractivity contribution in [3.63, 3.8) is 0 Å². The van der Waals surface area contributed by atoms with Crippen molar-refractivity contribution in [1.82, 2.24) is 20.0 Å². The largest absolute Gasteiger partial charge is 0.497 e. The van der Waals surface area contributed by atoms with E-state index in [1.54, 1.807) is 18.3 Å². The second kappa shape index (κ2) is 9.07. The molecule has 0 fully saturated rings. The summed E-state index contributed by atoms with van der Waals surface area (Å²) in [6.07, 6.45) is 5.63. The highest BCUT2D eigenvalue weighted by molar-refractivity contribution is 5.74. The highest BCUT2D eigenvalue weighted by Gasteiger charge is 2.24. The quantitative estimate of drug-likeness (QED) is 0.620. The topological polar surface area (TPSA) is 72.5 Å². The number of fused-ring (bicyclic) bond motifs is 1. The molecule has 3 aromatic rings. The van der Waals surface area contributed by atoms with Gasteiger partial charge in [-0.3, -0.25) is 4.68 Å². The number of methoxy groups -OCH3 is 1. The summed E-state index contributed by atoms with van der Waals surface area (Å²) in [7, 11) is 3.64. The van der Waals surface area contributed by atoms with Crippen LogP contribution in [-0.2, 0) is 39.4 Å². The molecule has 0 unspecified atom stereocenters. The van der Waals surface area contributed by atoms with Crippen LogP contribution in [0.15, 0.2) is 47.1 Å². The van der Waals surface area contributed by atoms with Gasteiger partial charge in [-0.05, 0) is 61.1 Å². The number of rotatable bonds is 8. The lowest BCUT2D eigenvalue weighted by Gasteiger charge is -2.22. The molecule has 7 nitrogen and oxygen atoms in total. The van der Waals surface area contributed by atoms with Gasteiger partial charge in [0, 0.05) is 19.3 Å². The standard InChI is InChI=1S/C23H28N4O3/c1-26-22-7-3-6-20(22)21(25-26)16-27(15-19-5-4-14-30-19)23(28)24-13-12-17-8-10-18(29-2)11-9-17/h4-5,8-11,14H,3,6-7,12-13,15-16H2,1-2H3,(H,24,28). The molecule has 2 aromatic heterocycles. The van der Waals surface area contributed by atoms with Gasteiger partial charge in [-0.1, -0.05) is 12.1 Å². The fraction of sp³-hybridized carbons (Fsp3) is 0.391. The van der Waals surface area contributed by atoms with Crippen LogP contribution in [0.25, 0.3) is 0 Å². The number of benzene rings is 1. The first kappa shape index (κ1) is 20.1. The van der Waals surface area contributed by atoms with Gasteiger partial charge in [-0.25, -0.2) is 4.79 Å². The predicted octanol–water partition coefficient (Wildman–Crippen LogP) is 3.46. The molecular weight excluding hydrogens is 380 g/mol. The van der Waals surface area contributed by atoms with Crippen molar-refractivity contribution < 1.29 is 13.9 Å². The average molecular weight is 409 g/mol. The lowest BCUT2D eigenvalue weighted by molar-refractivity contribution is 0.186. The Bertz CT molecular complexity index is 977. The van der Waals surface area contributed by atoms with Crippen LogP contribution in [0.2, 0.25) is 0 Å². The number of nitrogens with one attached hydrogen (secondary N) is 1. The zero-order valence-corrected chi connectivity index (χ0v) is 17.6. The van der Waals surface area contributed by atoms with Gasteiger partial charge >= 0.3 is 6.03 Å². The summed E-state index contributed by atoms with van der Waals surface area (Å²) < 4.78 is 12.6. The van der Waals surface area contributed by atoms with Gasteiger partial charge in [0.15, 0.2) is 0 Å². The molecule has 1 N–H and O–H groups in total. The third-order valence-corrected chi connectivity index (χ3v) is 5.60. The molecule has 158 valence electrons. The molecule has 2 heterocycles. The van der Waals surface area contributed by atoms with E-state index in [1.165, 1.54) is 11.3 Å². The van der Waals surface area contributed by atoms with E-state index in [0.29, 0.717) is 19.6 Å². The molecule has 0 bridgehead atoms. The lowest BCUT2D eigenvalue weighted by Crippen LogP contribution is -2.40. The van der Waals surface area contributed by atoms with Crippen molar-refractivity contribution in [2.45, 2.75) is 38.8 Å². The summed E-state index contributed by atoms with van der Waals surface area (Å²) >= 11 is 0. The first-order valence-corrected chi connectivity index (χ1v) is 10.4. The number of furan rings is 1. The summed E-state index contributed by atoms with van der Waals surface area (Å²) in [6.45, 7) is 1.44. The molecule has 4 rings (SSSR count). The van der Waals surface area contributed by atoms with Crippen molar-refractivity contribution in [2.24, 2.45) is 7.05 Å². The smallest absolute Gasteiger partial charge is 0.318 e. The number of hydrogen-bond donors (Lipinski definition) is 1. The van der Waals surface area contributed by atoms with Gasteiger partial charge in [0.25, 0.3) is 0 Å². The number of hydrogen-bond acceptors (Lipinski definition) is 4. The second-order valence-electron chi connectivity index (χ2n) is 7.61. The third kappa shape index (κ3) is 4.50. The minimum Gasteiger partial charge on any atom is -0.497 e. The Kier molecular flexibility index (Phi) is 6.07. The summed E-state index contributed by atoms with van der Waals surface area (Å²) in [6, 6.07) is 11.5. The molecule has 7 heteroatoms. The Morgan fingerprint density at radius 2 is 2.07 bits per heavy atom. The lowest BCUT2D eigenvalue weighted by atomic mass is 10.1. The van der Waals surface area contributed by atoms with E-state index >= 15 is 0 Å². The minimum absolute atomic E-state index is 0.114. The first-order valence-electron chi connectivity index (χ1n) is 10.4. The van der Waals surface area contributed by atoms with E-state index in [2.05, 4.69) is 10.4 Å². The zero-order chi connectivity index (χ0) is 20.9. The Balaban J connectivity index is 1.41. The summed E-state index contributed by atoms with van der Waals surface area (Å²) in [4.78, 5) is 14.8. The van der Waals surface area contributed by atoms with Crippen LogP contribution < -0.4 is 10.1 Å². The normalized spacial score (nSPS) is 12.6. The van der Waals surface area contributed by atoms with Crippen LogP contribution in [0, 0.1) is 0 Å². The van der Waals surface area contributed by atoms with Crippen LogP contribution in [-0.4, -0.2) is 34.4 Å². The van der Waals surface area contributed by atoms with Gasteiger partial charge < -0.3 is 19.4 Å². The maximum absolute atomic E-state index is 13.0. The van der Waals surface area contributed by atoms with Crippen molar-refractivity contribution in [1.29, 1.82) is 0 Å². The molecule has 1 aliphatic carbocycles. The minimum atomic E-state index is -0.114. The fourth-order valence-corrected chi connectivity index (χ4v) is 4.01. The van der Waals surface area contributed by atoms with E-state index in [1.807, 2.05) is 48.1 Å². The maximum atomic E-state index is 13.0. The van der Waals surface area contributed by atoms with Gasteiger partial charge in [-0.15, -0.1) is 0 Å². The first-order chi connectivity index (χ1) is 14.6. The van der Waals surface area contributed by atoms with Crippen LogP contribution >= 0.6 is 0 Å². The maximum Gasteiger partial charge on any atom is 0.318 e. The van der Waals surface area contributed by atoms with Crippen LogP contribution in [0.1, 0.15) is 34.7 Å². The molecule has 0 atom stereocenters. The number of carbonyl (C=O) groups is 1. The van der Waals surface area contributed by atoms with Crippen molar-refractivity contribution in [3.8, 4) is 5.75 Å². The van der Waals surface area contributed by atoms with Crippen LogP contribution in [0.4, 0.5) is 4.79 Å². The third-order valence-electron chi connectivity index (χ3n) is 5.60. The molecule has 2 amide bonds. The molecule has 30 heavy (non-hydrogen) atoms. The fourth-order valence-electron chi connectivity index (χ4n) is 4.01. The predicted molar refractivity (Wildman–Crippen MR) is 113 cm³/mol. The van der Waals surface area contributed by atoms with E-state index in [4.69, 9.17) is 9.15 Å². The van der Waals surface area contributed by atoms with Gasteiger partial charge in [0.1, 0.15) is 11.5 Å². The average Bonchev–Trinajstić information content (AvgIpc) is 3.49. The Morgan fingerprint density at radius 3 is 2.80 bits per heavy atom. The molecule has 1 aromatic carbocycles. The molecule has 0 saturated heterocycles. The molecule has 0 spiro atoms. The molecular formula is C23H28N4O3. The monoisotopic (exact) mass is 408 g/mol. The molecule has 0 radical (unpaired) electrons. The van der Waals surface area contributed by atoms with E-state index in [-0.39, 0.29) is 6.03 Å².